The van der Waals surface area contributed by atoms with Crippen molar-refractivity contribution in [3.63, 3.8) is 0 Å². The zero-order valence-corrected chi connectivity index (χ0v) is 7.51. The van der Waals surface area contributed by atoms with E-state index in [1.54, 1.807) is 12.5 Å². The van der Waals surface area contributed by atoms with E-state index in [2.05, 4.69) is 16.0 Å². The number of aryl methyl sites for hydroxylation is 1. The molecule has 2 heterocycles. The topological polar surface area (TPSA) is 30.7 Å². The molecular weight excluding hydrogens is 162 g/mol. The van der Waals surface area contributed by atoms with Crippen LogP contribution >= 0.6 is 0 Å². The van der Waals surface area contributed by atoms with Crippen LogP contribution in [0.3, 0.4) is 0 Å². The highest BCUT2D eigenvalue weighted by atomic mass is 15.0. The predicted molar refractivity (Wildman–Crippen MR) is 50.3 cm³/mol. The first-order valence-corrected chi connectivity index (χ1v) is 4.22. The standard InChI is InChI=1S/C10H11N3/c1-9-2-3-10(6-12-9)7-13-5-4-11-8-13/h2-6,8H,7H2,1H3. The molecule has 0 fully saturated rings. The summed E-state index contributed by atoms with van der Waals surface area (Å²) in [6, 6.07) is 4.11. The summed E-state index contributed by atoms with van der Waals surface area (Å²) >= 11 is 0. The molecule has 0 atom stereocenters. The van der Waals surface area contributed by atoms with Gasteiger partial charge in [-0.2, -0.15) is 0 Å². The minimum Gasteiger partial charge on any atom is -0.333 e. The molecule has 66 valence electrons. The number of imidazole rings is 1. The van der Waals surface area contributed by atoms with Gasteiger partial charge in [-0.3, -0.25) is 4.98 Å². The molecule has 2 rings (SSSR count). The minimum absolute atomic E-state index is 0.841. The zero-order chi connectivity index (χ0) is 9.10. The Kier molecular flexibility index (Phi) is 2.08. The molecule has 0 bridgehead atoms. The van der Waals surface area contributed by atoms with Crippen molar-refractivity contribution in [2.24, 2.45) is 0 Å². The number of aromatic nitrogens is 3. The molecule has 0 spiro atoms. The highest BCUT2D eigenvalue weighted by Crippen LogP contribution is 2.01. The first-order valence-electron chi connectivity index (χ1n) is 4.22. The second-order valence-electron chi connectivity index (χ2n) is 3.04. The molecule has 13 heavy (non-hydrogen) atoms. The van der Waals surface area contributed by atoms with Gasteiger partial charge in [0.1, 0.15) is 0 Å². The maximum absolute atomic E-state index is 4.23. The van der Waals surface area contributed by atoms with E-state index in [-0.39, 0.29) is 0 Å². The molecule has 2 aromatic rings. The number of hydrogen-bond acceptors (Lipinski definition) is 2. The van der Waals surface area contributed by atoms with Crippen LogP contribution in [0.4, 0.5) is 0 Å². The van der Waals surface area contributed by atoms with Gasteiger partial charge in [0.2, 0.25) is 0 Å². The van der Waals surface area contributed by atoms with Crippen LogP contribution in [-0.4, -0.2) is 14.5 Å². The van der Waals surface area contributed by atoms with Crippen LogP contribution in [0, 0.1) is 6.92 Å². The quantitative estimate of drug-likeness (QED) is 0.691. The fourth-order valence-electron chi connectivity index (χ4n) is 1.18. The molecule has 0 N–H and O–H groups in total. The van der Waals surface area contributed by atoms with Gasteiger partial charge < -0.3 is 4.57 Å². The van der Waals surface area contributed by atoms with E-state index in [0.717, 1.165) is 12.2 Å². The highest BCUT2D eigenvalue weighted by Gasteiger charge is 1.93. The largest absolute Gasteiger partial charge is 0.333 e. The van der Waals surface area contributed by atoms with E-state index < -0.39 is 0 Å². The Morgan fingerprint density at radius 3 is 2.92 bits per heavy atom. The second kappa shape index (κ2) is 3.39. The van der Waals surface area contributed by atoms with Crippen LogP contribution in [0.2, 0.25) is 0 Å². The van der Waals surface area contributed by atoms with Gasteiger partial charge in [0.15, 0.2) is 0 Å². The first-order chi connectivity index (χ1) is 6.34. The third kappa shape index (κ3) is 1.93. The summed E-state index contributed by atoms with van der Waals surface area (Å²) in [6.07, 6.45) is 7.43. The van der Waals surface area contributed by atoms with Crippen molar-refractivity contribution >= 4 is 0 Å². The maximum Gasteiger partial charge on any atom is 0.0949 e. The van der Waals surface area contributed by atoms with E-state index >= 15 is 0 Å². The van der Waals surface area contributed by atoms with Gasteiger partial charge in [0, 0.05) is 30.8 Å². The Morgan fingerprint density at radius 2 is 2.31 bits per heavy atom. The summed E-state index contributed by atoms with van der Waals surface area (Å²) < 4.78 is 2.02. The monoisotopic (exact) mass is 173 g/mol. The molecule has 0 aliphatic rings. The molecule has 3 heteroatoms. The van der Waals surface area contributed by atoms with Crippen LogP contribution in [0.1, 0.15) is 11.3 Å². The molecule has 0 aromatic carbocycles. The average Bonchev–Trinajstić information content (AvgIpc) is 2.62. The average molecular weight is 173 g/mol. The molecular formula is C10H11N3. The fraction of sp³-hybridized carbons (Fsp3) is 0.200. The number of pyridine rings is 1. The van der Waals surface area contributed by atoms with Crippen molar-refractivity contribution in [1.82, 2.24) is 14.5 Å². The van der Waals surface area contributed by atoms with Gasteiger partial charge in [-0.15, -0.1) is 0 Å². The molecule has 0 amide bonds. The van der Waals surface area contributed by atoms with Gasteiger partial charge in [-0.05, 0) is 18.6 Å². The Bertz CT molecular complexity index is 362. The molecule has 0 saturated carbocycles. The summed E-state index contributed by atoms with van der Waals surface area (Å²) in [6.45, 7) is 2.83. The summed E-state index contributed by atoms with van der Waals surface area (Å²) in [5, 5.41) is 0. The van der Waals surface area contributed by atoms with Gasteiger partial charge in [0.05, 0.1) is 6.33 Å². The lowest BCUT2D eigenvalue weighted by Crippen LogP contribution is -1.96. The van der Waals surface area contributed by atoms with Crippen LogP contribution in [0.25, 0.3) is 0 Å². The summed E-state index contributed by atoms with van der Waals surface area (Å²) in [5.74, 6) is 0. The molecule has 3 nitrogen and oxygen atoms in total. The van der Waals surface area contributed by atoms with Crippen molar-refractivity contribution in [3.8, 4) is 0 Å². The lowest BCUT2D eigenvalue weighted by atomic mass is 10.2. The fourth-order valence-corrected chi connectivity index (χ4v) is 1.18. The molecule has 0 saturated heterocycles. The van der Waals surface area contributed by atoms with Crippen LogP contribution < -0.4 is 0 Å². The van der Waals surface area contributed by atoms with Crippen molar-refractivity contribution in [1.29, 1.82) is 0 Å². The van der Waals surface area contributed by atoms with Crippen molar-refractivity contribution in [2.45, 2.75) is 13.5 Å². The Balaban J connectivity index is 2.15. The maximum atomic E-state index is 4.23. The Hall–Kier alpha value is -1.64. The molecule has 0 aliphatic heterocycles. The number of nitrogens with zero attached hydrogens (tertiary/aromatic N) is 3. The first kappa shape index (κ1) is 7.98. The van der Waals surface area contributed by atoms with Crippen LogP contribution in [0.5, 0.6) is 0 Å². The summed E-state index contributed by atoms with van der Waals surface area (Å²) in [7, 11) is 0. The van der Waals surface area contributed by atoms with E-state index in [1.165, 1.54) is 5.56 Å². The van der Waals surface area contributed by atoms with E-state index in [1.807, 2.05) is 30.0 Å². The zero-order valence-electron chi connectivity index (χ0n) is 7.51. The summed E-state index contributed by atoms with van der Waals surface area (Å²) in [4.78, 5) is 8.20. The lowest BCUT2D eigenvalue weighted by Gasteiger charge is -2.01. The summed E-state index contributed by atoms with van der Waals surface area (Å²) in [5.41, 5.74) is 2.25. The minimum atomic E-state index is 0.841. The van der Waals surface area contributed by atoms with Crippen LogP contribution in [-0.2, 0) is 6.54 Å². The molecule has 0 aliphatic carbocycles. The van der Waals surface area contributed by atoms with Crippen molar-refractivity contribution < 1.29 is 0 Å². The smallest absolute Gasteiger partial charge is 0.0949 e. The van der Waals surface area contributed by atoms with Crippen molar-refractivity contribution in [2.75, 3.05) is 0 Å². The predicted octanol–water partition coefficient (Wildman–Crippen LogP) is 1.63. The van der Waals surface area contributed by atoms with Gasteiger partial charge >= 0.3 is 0 Å². The van der Waals surface area contributed by atoms with E-state index in [0.29, 0.717) is 0 Å². The third-order valence-electron chi connectivity index (χ3n) is 1.90. The molecule has 0 unspecified atom stereocenters. The molecule has 2 aromatic heterocycles. The Morgan fingerprint density at radius 1 is 1.38 bits per heavy atom. The normalized spacial score (nSPS) is 10.2. The van der Waals surface area contributed by atoms with Gasteiger partial charge in [0.25, 0.3) is 0 Å². The van der Waals surface area contributed by atoms with E-state index in [4.69, 9.17) is 0 Å². The lowest BCUT2D eigenvalue weighted by molar-refractivity contribution is 0.792. The SMILES string of the molecule is Cc1ccc(Cn2ccnc2)cn1. The Labute approximate surface area is 77.1 Å². The number of hydrogen-bond donors (Lipinski definition) is 0. The van der Waals surface area contributed by atoms with E-state index in [9.17, 15) is 0 Å². The van der Waals surface area contributed by atoms with Gasteiger partial charge in [-0.25, -0.2) is 4.98 Å². The highest BCUT2D eigenvalue weighted by molar-refractivity contribution is 5.13. The van der Waals surface area contributed by atoms with Crippen molar-refractivity contribution in [3.05, 3.63) is 48.3 Å². The number of rotatable bonds is 2. The third-order valence-corrected chi connectivity index (χ3v) is 1.90. The van der Waals surface area contributed by atoms with Crippen LogP contribution in [0.15, 0.2) is 37.1 Å². The molecule has 0 radical (unpaired) electrons. The van der Waals surface area contributed by atoms with Gasteiger partial charge in [-0.1, -0.05) is 6.07 Å². The second-order valence-corrected chi connectivity index (χ2v) is 3.04.